The van der Waals surface area contributed by atoms with E-state index in [0.29, 0.717) is 12.1 Å². The van der Waals surface area contributed by atoms with Crippen molar-refractivity contribution in [2.45, 2.75) is 13.5 Å². The summed E-state index contributed by atoms with van der Waals surface area (Å²) in [6, 6.07) is 17.5. The van der Waals surface area contributed by atoms with Gasteiger partial charge < -0.3 is 10.2 Å². The van der Waals surface area contributed by atoms with Gasteiger partial charge in [-0.15, -0.1) is 0 Å². The van der Waals surface area contributed by atoms with Gasteiger partial charge in [0.05, 0.1) is 12.4 Å². The molecule has 0 fully saturated rings. The first kappa shape index (κ1) is 15.8. The molecule has 0 unspecified atom stereocenters. The van der Waals surface area contributed by atoms with E-state index in [2.05, 4.69) is 22.4 Å². The molecule has 0 aliphatic rings. The average Bonchev–Trinajstić information content (AvgIpc) is 2.54. The highest BCUT2D eigenvalue weighted by Gasteiger charge is 2.07. The van der Waals surface area contributed by atoms with Gasteiger partial charge in [0.1, 0.15) is 0 Å². The highest BCUT2D eigenvalue weighted by molar-refractivity contribution is 5.96. The van der Waals surface area contributed by atoms with Gasteiger partial charge in [0.25, 0.3) is 5.91 Å². The summed E-state index contributed by atoms with van der Waals surface area (Å²) in [6.07, 6.45) is 0. The number of benzene rings is 2. The van der Waals surface area contributed by atoms with Crippen LogP contribution in [-0.2, 0) is 6.54 Å². The third-order valence-electron chi connectivity index (χ3n) is 3.20. The van der Waals surface area contributed by atoms with E-state index < -0.39 is 0 Å². The maximum Gasteiger partial charge on any atom is 0.253 e. The molecule has 2 rings (SSSR count). The number of carbonyl (C=O) groups excluding carboxylic acids is 1. The molecule has 1 amide bonds. The zero-order valence-electron chi connectivity index (χ0n) is 13.2. The van der Waals surface area contributed by atoms with Crippen LogP contribution in [-0.4, -0.2) is 30.7 Å². The minimum Gasteiger partial charge on any atom is -0.345 e. The van der Waals surface area contributed by atoms with Crippen LogP contribution in [0, 0.1) is 0 Å². The molecule has 2 aromatic carbocycles. The van der Waals surface area contributed by atoms with Crippen molar-refractivity contribution in [2.75, 3.05) is 19.4 Å². The van der Waals surface area contributed by atoms with Gasteiger partial charge in [-0.1, -0.05) is 30.3 Å². The Balaban J connectivity index is 1.97. The summed E-state index contributed by atoms with van der Waals surface area (Å²) in [5, 5.41) is 3.23. The van der Waals surface area contributed by atoms with Crippen LogP contribution in [0.4, 0.5) is 5.69 Å². The summed E-state index contributed by atoms with van der Waals surface area (Å²) in [4.78, 5) is 17.9. The number of amidine groups is 1. The summed E-state index contributed by atoms with van der Waals surface area (Å²) < 4.78 is 0. The lowest BCUT2D eigenvalue weighted by molar-refractivity contribution is 0.0827. The molecule has 0 radical (unpaired) electrons. The van der Waals surface area contributed by atoms with Gasteiger partial charge in [-0.2, -0.15) is 0 Å². The van der Waals surface area contributed by atoms with Gasteiger partial charge >= 0.3 is 0 Å². The van der Waals surface area contributed by atoms with Crippen LogP contribution in [0.5, 0.6) is 0 Å². The zero-order chi connectivity index (χ0) is 15.9. The van der Waals surface area contributed by atoms with E-state index in [-0.39, 0.29) is 5.91 Å². The smallest absolute Gasteiger partial charge is 0.253 e. The number of anilines is 1. The Kier molecular flexibility index (Phi) is 5.31. The van der Waals surface area contributed by atoms with Gasteiger partial charge in [-0.3, -0.25) is 9.79 Å². The van der Waals surface area contributed by atoms with Crippen LogP contribution < -0.4 is 5.32 Å². The Bertz CT molecular complexity index is 646. The molecule has 114 valence electrons. The summed E-state index contributed by atoms with van der Waals surface area (Å²) in [5.74, 6) is 0.844. The summed E-state index contributed by atoms with van der Waals surface area (Å²) >= 11 is 0. The number of aliphatic imine (C=N–C) groups is 1. The number of nitrogens with one attached hydrogen (secondary N) is 1. The molecule has 0 aromatic heterocycles. The van der Waals surface area contributed by atoms with E-state index in [9.17, 15) is 4.79 Å². The Morgan fingerprint density at radius 3 is 2.27 bits per heavy atom. The maximum atomic E-state index is 11.8. The second-order valence-electron chi connectivity index (χ2n) is 5.29. The second kappa shape index (κ2) is 7.41. The maximum absolute atomic E-state index is 11.8. The van der Waals surface area contributed by atoms with Crippen LogP contribution in [0.3, 0.4) is 0 Å². The molecule has 0 aliphatic carbocycles. The lowest BCUT2D eigenvalue weighted by Gasteiger charge is -2.11. The quantitative estimate of drug-likeness (QED) is 0.694. The molecule has 0 saturated heterocycles. The van der Waals surface area contributed by atoms with Gasteiger partial charge in [0, 0.05) is 25.3 Å². The third-order valence-corrected chi connectivity index (χ3v) is 3.20. The van der Waals surface area contributed by atoms with E-state index in [1.54, 1.807) is 19.0 Å². The molecule has 0 atom stereocenters. The largest absolute Gasteiger partial charge is 0.345 e. The number of hydrogen-bond donors (Lipinski definition) is 1. The molecule has 4 heteroatoms. The molecular weight excluding hydrogens is 274 g/mol. The normalized spacial score (nSPS) is 11.1. The van der Waals surface area contributed by atoms with E-state index in [4.69, 9.17) is 0 Å². The van der Waals surface area contributed by atoms with Crippen molar-refractivity contribution in [3.05, 3.63) is 65.7 Å². The predicted molar refractivity (Wildman–Crippen MR) is 91.3 cm³/mol. The zero-order valence-corrected chi connectivity index (χ0v) is 13.2. The first-order valence-electron chi connectivity index (χ1n) is 7.20. The Labute approximate surface area is 131 Å². The molecule has 1 N–H and O–H groups in total. The van der Waals surface area contributed by atoms with E-state index >= 15 is 0 Å². The van der Waals surface area contributed by atoms with Crippen molar-refractivity contribution in [1.29, 1.82) is 0 Å². The third kappa shape index (κ3) is 4.45. The molecule has 0 aliphatic heterocycles. The highest BCUT2D eigenvalue weighted by Crippen LogP contribution is 2.11. The average molecular weight is 295 g/mol. The number of nitrogens with zero attached hydrogens (tertiary/aromatic N) is 2. The molecule has 0 bridgehead atoms. The molecule has 2 aromatic rings. The van der Waals surface area contributed by atoms with Gasteiger partial charge in [0.2, 0.25) is 0 Å². The second-order valence-corrected chi connectivity index (χ2v) is 5.29. The summed E-state index contributed by atoms with van der Waals surface area (Å²) in [5.41, 5.74) is 2.77. The fourth-order valence-electron chi connectivity index (χ4n) is 2.00. The SMILES string of the molecule is CC(=NCc1ccccc1)Nc1ccc(C(=O)N(C)C)cc1. The lowest BCUT2D eigenvalue weighted by Crippen LogP contribution is -2.21. The Hall–Kier alpha value is -2.62. The van der Waals surface area contributed by atoms with Crippen LogP contribution in [0.2, 0.25) is 0 Å². The summed E-state index contributed by atoms with van der Waals surface area (Å²) in [6.45, 7) is 2.58. The van der Waals surface area contributed by atoms with Crippen LogP contribution >= 0.6 is 0 Å². The standard InChI is InChI=1S/C18H21N3O/c1-14(19-13-15-7-5-4-6-8-15)20-17-11-9-16(10-12-17)18(22)21(2)3/h4-12H,13H2,1-3H3,(H,19,20). The Morgan fingerprint density at radius 2 is 1.68 bits per heavy atom. The van der Waals surface area contributed by atoms with Gasteiger partial charge in [-0.05, 0) is 36.8 Å². The predicted octanol–water partition coefficient (Wildman–Crippen LogP) is 3.42. The molecule has 0 spiro atoms. The van der Waals surface area contributed by atoms with Crippen LogP contribution in [0.15, 0.2) is 59.6 Å². The molecule has 0 heterocycles. The highest BCUT2D eigenvalue weighted by atomic mass is 16.2. The van der Waals surface area contributed by atoms with Gasteiger partial charge in [0.15, 0.2) is 0 Å². The van der Waals surface area contributed by atoms with E-state index in [1.807, 2.05) is 49.4 Å². The first-order valence-corrected chi connectivity index (χ1v) is 7.20. The van der Waals surface area contributed by atoms with Crippen LogP contribution in [0.1, 0.15) is 22.8 Å². The fraction of sp³-hybridized carbons (Fsp3) is 0.222. The van der Waals surface area contributed by atoms with Crippen molar-refractivity contribution in [3.8, 4) is 0 Å². The topological polar surface area (TPSA) is 44.7 Å². The molecule has 4 nitrogen and oxygen atoms in total. The van der Waals surface area contributed by atoms with E-state index in [1.165, 1.54) is 5.56 Å². The van der Waals surface area contributed by atoms with Crippen molar-refractivity contribution in [3.63, 3.8) is 0 Å². The molecular formula is C18H21N3O. The number of hydrogen-bond acceptors (Lipinski definition) is 2. The van der Waals surface area contributed by atoms with Crippen molar-refractivity contribution >= 4 is 17.4 Å². The lowest BCUT2D eigenvalue weighted by atomic mass is 10.2. The van der Waals surface area contributed by atoms with E-state index in [0.717, 1.165) is 11.5 Å². The number of amides is 1. The number of rotatable bonds is 4. The fourth-order valence-corrected chi connectivity index (χ4v) is 2.00. The van der Waals surface area contributed by atoms with Crippen LogP contribution in [0.25, 0.3) is 0 Å². The monoisotopic (exact) mass is 295 g/mol. The van der Waals surface area contributed by atoms with Gasteiger partial charge in [-0.25, -0.2) is 0 Å². The van der Waals surface area contributed by atoms with Crippen molar-refractivity contribution < 1.29 is 4.79 Å². The van der Waals surface area contributed by atoms with Crippen molar-refractivity contribution in [1.82, 2.24) is 4.90 Å². The first-order chi connectivity index (χ1) is 10.6. The minimum absolute atomic E-state index is 0.000941. The molecule has 0 saturated carbocycles. The minimum atomic E-state index is 0.000941. The van der Waals surface area contributed by atoms with Crippen molar-refractivity contribution in [2.24, 2.45) is 4.99 Å². The summed E-state index contributed by atoms with van der Waals surface area (Å²) in [7, 11) is 3.49. The Morgan fingerprint density at radius 1 is 1.05 bits per heavy atom. The number of carbonyl (C=O) groups is 1. The molecule has 22 heavy (non-hydrogen) atoms.